The normalized spacial score (nSPS) is 18.2. The van der Waals surface area contributed by atoms with E-state index in [-0.39, 0.29) is 28.9 Å². The van der Waals surface area contributed by atoms with Crippen molar-refractivity contribution >= 4 is 17.0 Å². The van der Waals surface area contributed by atoms with Crippen LogP contribution in [0.2, 0.25) is 0 Å². The summed E-state index contributed by atoms with van der Waals surface area (Å²) < 4.78 is 49.1. The summed E-state index contributed by atoms with van der Waals surface area (Å²) in [5, 5.41) is 9.09. The van der Waals surface area contributed by atoms with Gasteiger partial charge < -0.3 is 14.8 Å². The molecule has 0 bridgehead atoms. The number of rotatable bonds is 5. The highest BCUT2D eigenvalue weighted by molar-refractivity contribution is 5.80. The van der Waals surface area contributed by atoms with Crippen LogP contribution in [0.5, 0.6) is 5.88 Å². The Labute approximate surface area is 192 Å². The summed E-state index contributed by atoms with van der Waals surface area (Å²) in [6.45, 7) is 0. The summed E-state index contributed by atoms with van der Waals surface area (Å²) >= 11 is 0. The van der Waals surface area contributed by atoms with Crippen LogP contribution in [-0.2, 0) is 4.79 Å². The molecule has 0 unspecified atom stereocenters. The summed E-state index contributed by atoms with van der Waals surface area (Å²) in [4.78, 5) is 22.2. The number of aliphatic carboxylic acids is 1. The van der Waals surface area contributed by atoms with Crippen LogP contribution in [0.25, 0.3) is 33.5 Å². The molecule has 9 heteroatoms. The minimum absolute atomic E-state index is 0.0263. The van der Waals surface area contributed by atoms with Gasteiger partial charge >= 0.3 is 5.97 Å². The number of aromatic amines is 1. The Balaban J connectivity index is 1.33. The van der Waals surface area contributed by atoms with E-state index in [1.54, 1.807) is 12.1 Å². The van der Waals surface area contributed by atoms with E-state index in [0.29, 0.717) is 48.2 Å². The SMILES string of the molecule is O=C(O)[C@H]1CC[C@@H](Oc2ccc(-c3cc(F)c(-c4nc5cc(F)ccc5[nH]4)c(F)c3)cn2)CC1. The maximum Gasteiger partial charge on any atom is 0.306 e. The number of ether oxygens (including phenoxy) is 1. The van der Waals surface area contributed by atoms with Crippen LogP contribution in [0.1, 0.15) is 25.7 Å². The number of aromatic nitrogens is 3. The molecule has 1 saturated carbocycles. The number of halogens is 3. The van der Waals surface area contributed by atoms with Gasteiger partial charge in [0.1, 0.15) is 29.4 Å². The first-order valence-electron chi connectivity index (χ1n) is 10.9. The Morgan fingerprint density at radius 3 is 2.35 bits per heavy atom. The number of carbonyl (C=O) groups is 1. The Hall–Kier alpha value is -3.88. The second-order valence-corrected chi connectivity index (χ2v) is 8.38. The number of pyridine rings is 1. The number of imidazole rings is 1. The van der Waals surface area contributed by atoms with Crippen LogP contribution in [0, 0.1) is 23.4 Å². The lowest BCUT2D eigenvalue weighted by atomic mass is 9.87. The highest BCUT2D eigenvalue weighted by Gasteiger charge is 2.27. The number of hydrogen-bond donors (Lipinski definition) is 2. The topological polar surface area (TPSA) is 88.1 Å². The third-order valence-corrected chi connectivity index (χ3v) is 6.10. The average Bonchev–Trinajstić information content (AvgIpc) is 3.22. The maximum absolute atomic E-state index is 14.9. The number of H-pyrrole nitrogens is 1. The molecule has 2 heterocycles. The molecule has 0 aliphatic heterocycles. The minimum Gasteiger partial charge on any atom is -0.481 e. The van der Waals surface area contributed by atoms with Crippen molar-refractivity contribution in [1.29, 1.82) is 0 Å². The zero-order chi connectivity index (χ0) is 23.8. The van der Waals surface area contributed by atoms with Crippen molar-refractivity contribution in [3.8, 4) is 28.4 Å². The second kappa shape index (κ2) is 8.81. The Morgan fingerprint density at radius 1 is 0.971 bits per heavy atom. The van der Waals surface area contributed by atoms with Crippen LogP contribution < -0.4 is 4.74 Å². The van der Waals surface area contributed by atoms with E-state index in [9.17, 15) is 18.0 Å². The van der Waals surface area contributed by atoms with Gasteiger partial charge in [-0.15, -0.1) is 0 Å². The van der Waals surface area contributed by atoms with Gasteiger partial charge in [0.2, 0.25) is 5.88 Å². The fourth-order valence-electron chi connectivity index (χ4n) is 4.28. The number of carboxylic acids is 1. The lowest BCUT2D eigenvalue weighted by Gasteiger charge is -2.26. The summed E-state index contributed by atoms with van der Waals surface area (Å²) in [5.74, 6) is -2.88. The quantitative estimate of drug-likeness (QED) is 0.391. The van der Waals surface area contributed by atoms with Crippen molar-refractivity contribution in [3.63, 3.8) is 0 Å². The first kappa shape index (κ1) is 21.9. The number of nitrogens with zero attached hydrogens (tertiary/aromatic N) is 2. The fourth-order valence-corrected chi connectivity index (χ4v) is 4.28. The van der Waals surface area contributed by atoms with Gasteiger partial charge in [-0.05, 0) is 61.6 Å². The first-order valence-corrected chi connectivity index (χ1v) is 10.9. The maximum atomic E-state index is 14.9. The van der Waals surface area contributed by atoms with Crippen molar-refractivity contribution in [3.05, 3.63) is 66.1 Å². The van der Waals surface area contributed by atoms with Crippen LogP contribution in [0.3, 0.4) is 0 Å². The van der Waals surface area contributed by atoms with Crippen LogP contribution in [-0.4, -0.2) is 32.1 Å². The summed E-state index contributed by atoms with van der Waals surface area (Å²) in [6, 6.07) is 9.54. The standard InChI is InChI=1S/C25H20F3N3O3/c26-16-4-7-20-21(11-16)31-24(30-20)23-18(27)9-15(10-19(23)28)14-3-8-22(29-12-14)34-17-5-1-13(2-6-17)25(32)33/h3-4,7-13,17H,1-2,5-6H2,(H,30,31)(H,32,33)/t13-,17+. The van der Waals surface area contributed by atoms with Gasteiger partial charge in [0, 0.05) is 23.9 Å². The van der Waals surface area contributed by atoms with Gasteiger partial charge in [-0.25, -0.2) is 23.1 Å². The van der Waals surface area contributed by atoms with E-state index in [1.165, 1.54) is 36.5 Å². The molecule has 2 aromatic carbocycles. The summed E-state index contributed by atoms with van der Waals surface area (Å²) in [7, 11) is 0. The molecule has 2 N–H and O–H groups in total. The summed E-state index contributed by atoms with van der Waals surface area (Å²) in [5.41, 5.74) is 1.20. The molecule has 1 fully saturated rings. The average molecular weight is 467 g/mol. The van der Waals surface area contributed by atoms with Crippen molar-refractivity contribution in [2.45, 2.75) is 31.8 Å². The van der Waals surface area contributed by atoms with Gasteiger partial charge in [-0.1, -0.05) is 0 Å². The van der Waals surface area contributed by atoms with E-state index < -0.39 is 23.4 Å². The van der Waals surface area contributed by atoms with Gasteiger partial charge in [-0.3, -0.25) is 4.79 Å². The lowest BCUT2D eigenvalue weighted by molar-refractivity contribution is -0.143. The van der Waals surface area contributed by atoms with Crippen molar-refractivity contribution in [2.24, 2.45) is 5.92 Å². The van der Waals surface area contributed by atoms with Crippen molar-refractivity contribution < 1.29 is 27.8 Å². The molecular weight excluding hydrogens is 447 g/mol. The number of hydrogen-bond acceptors (Lipinski definition) is 4. The molecule has 1 aliphatic rings. The summed E-state index contributed by atoms with van der Waals surface area (Å²) in [6.07, 6.45) is 3.74. The van der Waals surface area contributed by atoms with E-state index in [0.717, 1.165) is 0 Å². The number of benzene rings is 2. The molecule has 2 aromatic heterocycles. The van der Waals surface area contributed by atoms with Crippen LogP contribution >= 0.6 is 0 Å². The Kier molecular flexibility index (Phi) is 5.69. The largest absolute Gasteiger partial charge is 0.481 e. The molecule has 0 spiro atoms. The Morgan fingerprint density at radius 2 is 1.71 bits per heavy atom. The molecule has 0 atom stereocenters. The highest BCUT2D eigenvalue weighted by Crippen LogP contribution is 2.32. The van der Waals surface area contributed by atoms with Crippen LogP contribution in [0.15, 0.2) is 48.7 Å². The number of carboxylic acid groups (broad SMARTS) is 1. The van der Waals surface area contributed by atoms with E-state index in [4.69, 9.17) is 9.84 Å². The molecule has 34 heavy (non-hydrogen) atoms. The molecule has 4 aromatic rings. The fraction of sp³-hybridized carbons (Fsp3) is 0.240. The second-order valence-electron chi connectivity index (χ2n) is 8.38. The van der Waals surface area contributed by atoms with Crippen LogP contribution in [0.4, 0.5) is 13.2 Å². The third-order valence-electron chi connectivity index (χ3n) is 6.10. The molecule has 174 valence electrons. The smallest absolute Gasteiger partial charge is 0.306 e. The predicted octanol–water partition coefficient (Wildman–Crippen LogP) is 5.73. The molecule has 1 aliphatic carbocycles. The van der Waals surface area contributed by atoms with Crippen molar-refractivity contribution in [1.82, 2.24) is 15.0 Å². The van der Waals surface area contributed by atoms with Gasteiger partial charge in [0.25, 0.3) is 0 Å². The Bertz CT molecular complexity index is 1340. The minimum atomic E-state index is -0.815. The predicted molar refractivity (Wildman–Crippen MR) is 119 cm³/mol. The monoisotopic (exact) mass is 467 g/mol. The number of fused-ring (bicyclic) bond motifs is 1. The zero-order valence-corrected chi connectivity index (χ0v) is 17.9. The van der Waals surface area contributed by atoms with E-state index >= 15 is 0 Å². The zero-order valence-electron chi connectivity index (χ0n) is 17.9. The number of nitrogens with one attached hydrogen (secondary N) is 1. The first-order chi connectivity index (χ1) is 16.4. The van der Waals surface area contributed by atoms with Crippen molar-refractivity contribution in [2.75, 3.05) is 0 Å². The third kappa shape index (κ3) is 4.33. The molecule has 6 nitrogen and oxygen atoms in total. The van der Waals surface area contributed by atoms with Gasteiger partial charge in [-0.2, -0.15) is 0 Å². The highest BCUT2D eigenvalue weighted by atomic mass is 19.1. The lowest BCUT2D eigenvalue weighted by Crippen LogP contribution is -2.28. The molecular formula is C25H20F3N3O3. The van der Waals surface area contributed by atoms with E-state index in [2.05, 4.69) is 15.0 Å². The molecule has 0 amide bonds. The molecule has 5 rings (SSSR count). The molecule has 0 radical (unpaired) electrons. The van der Waals surface area contributed by atoms with Gasteiger partial charge in [0.05, 0.1) is 22.5 Å². The van der Waals surface area contributed by atoms with E-state index in [1.807, 2.05) is 0 Å². The molecule has 0 saturated heterocycles. The van der Waals surface area contributed by atoms with Gasteiger partial charge in [0.15, 0.2) is 0 Å².